The number of carbonyl (C=O) groups is 1. The lowest BCUT2D eigenvalue weighted by Gasteiger charge is -2.32. The zero-order valence-corrected chi connectivity index (χ0v) is 17.1. The molecule has 0 unspecified atom stereocenters. The largest absolute Gasteiger partial charge is 0.463 e. The molecule has 2 aromatic rings. The molecule has 28 heavy (non-hydrogen) atoms. The Kier molecular flexibility index (Phi) is 9.73. The van der Waals surface area contributed by atoms with Gasteiger partial charge in [-0.25, -0.2) is 0 Å². The summed E-state index contributed by atoms with van der Waals surface area (Å²) in [6, 6.07) is 20.3. The first-order valence-electron chi connectivity index (χ1n) is 10.3. The Bertz CT molecular complexity index is 633. The lowest BCUT2D eigenvalue weighted by atomic mass is 10.1. The Morgan fingerprint density at radius 3 is 2.00 bits per heavy atom. The van der Waals surface area contributed by atoms with E-state index in [0.29, 0.717) is 6.42 Å². The van der Waals surface area contributed by atoms with Gasteiger partial charge >= 0.3 is 5.97 Å². The molecule has 0 aromatic heterocycles. The summed E-state index contributed by atoms with van der Waals surface area (Å²) in [5.74, 6) is -0.225. The van der Waals surface area contributed by atoms with Gasteiger partial charge in [-0.05, 0) is 24.5 Å². The van der Waals surface area contributed by atoms with Crippen molar-refractivity contribution in [2.45, 2.75) is 64.8 Å². The van der Waals surface area contributed by atoms with Crippen molar-refractivity contribution in [3.63, 3.8) is 0 Å². The SMILES string of the molecule is CCCCCC(=O)OC[C@H](O)[C@H](C)N(Cc1ccccc1)Cc1ccccc1. The van der Waals surface area contributed by atoms with Crippen LogP contribution in [0.3, 0.4) is 0 Å². The molecule has 1 N–H and O–H groups in total. The highest BCUT2D eigenvalue weighted by Crippen LogP contribution is 2.16. The summed E-state index contributed by atoms with van der Waals surface area (Å²) in [5, 5.41) is 10.6. The number of esters is 1. The molecule has 0 saturated heterocycles. The monoisotopic (exact) mass is 383 g/mol. The first-order chi connectivity index (χ1) is 13.6. The lowest BCUT2D eigenvalue weighted by Crippen LogP contribution is -2.43. The van der Waals surface area contributed by atoms with Crippen molar-refractivity contribution in [2.24, 2.45) is 0 Å². The average Bonchev–Trinajstić information content (AvgIpc) is 2.72. The summed E-state index contributed by atoms with van der Waals surface area (Å²) in [7, 11) is 0. The summed E-state index contributed by atoms with van der Waals surface area (Å²) in [4.78, 5) is 14.1. The molecular formula is C24H33NO3. The van der Waals surface area contributed by atoms with Crippen LogP contribution in [0.5, 0.6) is 0 Å². The summed E-state index contributed by atoms with van der Waals surface area (Å²) in [6.45, 7) is 5.56. The summed E-state index contributed by atoms with van der Waals surface area (Å²) >= 11 is 0. The number of ether oxygens (including phenoxy) is 1. The first kappa shape index (κ1) is 22.1. The van der Waals surface area contributed by atoms with E-state index in [4.69, 9.17) is 4.74 Å². The van der Waals surface area contributed by atoms with Gasteiger partial charge in [-0.15, -0.1) is 0 Å². The van der Waals surface area contributed by atoms with E-state index >= 15 is 0 Å². The Balaban J connectivity index is 1.96. The quantitative estimate of drug-likeness (QED) is 0.431. The van der Waals surface area contributed by atoms with Crippen LogP contribution in [-0.2, 0) is 22.6 Å². The summed E-state index contributed by atoms with van der Waals surface area (Å²) in [6.07, 6.45) is 2.63. The molecule has 2 atom stereocenters. The second-order valence-electron chi connectivity index (χ2n) is 7.32. The topological polar surface area (TPSA) is 49.8 Å². The van der Waals surface area contributed by atoms with Crippen LogP contribution in [0.4, 0.5) is 0 Å². The average molecular weight is 384 g/mol. The van der Waals surface area contributed by atoms with Crippen LogP contribution in [0.15, 0.2) is 60.7 Å². The highest BCUT2D eigenvalue weighted by Gasteiger charge is 2.23. The number of aliphatic hydroxyl groups is 1. The molecule has 0 saturated carbocycles. The molecule has 0 aliphatic carbocycles. The molecule has 0 fully saturated rings. The number of benzene rings is 2. The third-order valence-corrected chi connectivity index (χ3v) is 4.99. The molecule has 0 spiro atoms. The van der Waals surface area contributed by atoms with E-state index in [1.807, 2.05) is 43.3 Å². The minimum atomic E-state index is -0.734. The van der Waals surface area contributed by atoms with Gasteiger partial charge in [0, 0.05) is 25.6 Å². The molecule has 4 nitrogen and oxygen atoms in total. The van der Waals surface area contributed by atoms with E-state index in [1.165, 1.54) is 11.1 Å². The smallest absolute Gasteiger partial charge is 0.305 e. The van der Waals surface area contributed by atoms with Gasteiger partial charge in [0.2, 0.25) is 0 Å². The van der Waals surface area contributed by atoms with Crippen LogP contribution >= 0.6 is 0 Å². The maximum Gasteiger partial charge on any atom is 0.305 e. The van der Waals surface area contributed by atoms with Crippen LogP contribution in [0.2, 0.25) is 0 Å². The highest BCUT2D eigenvalue weighted by molar-refractivity contribution is 5.69. The van der Waals surface area contributed by atoms with Gasteiger partial charge in [-0.3, -0.25) is 9.69 Å². The zero-order valence-electron chi connectivity index (χ0n) is 17.1. The van der Waals surface area contributed by atoms with Crippen molar-refractivity contribution in [1.82, 2.24) is 4.90 Å². The normalized spacial score (nSPS) is 13.3. The van der Waals surface area contributed by atoms with Crippen molar-refractivity contribution >= 4 is 5.97 Å². The van der Waals surface area contributed by atoms with Crippen LogP contribution < -0.4 is 0 Å². The predicted molar refractivity (Wildman–Crippen MR) is 113 cm³/mol. The minimum Gasteiger partial charge on any atom is -0.463 e. The van der Waals surface area contributed by atoms with Crippen LogP contribution in [0.1, 0.15) is 50.7 Å². The van der Waals surface area contributed by atoms with Crippen molar-refractivity contribution in [1.29, 1.82) is 0 Å². The fraction of sp³-hybridized carbons (Fsp3) is 0.458. The molecule has 4 heteroatoms. The number of unbranched alkanes of at least 4 members (excludes halogenated alkanes) is 2. The van der Waals surface area contributed by atoms with E-state index in [0.717, 1.165) is 32.4 Å². The van der Waals surface area contributed by atoms with Gasteiger partial charge in [0.1, 0.15) is 12.7 Å². The molecule has 2 aromatic carbocycles. The maximum atomic E-state index is 11.8. The molecular weight excluding hydrogens is 350 g/mol. The molecule has 0 aliphatic heterocycles. The third kappa shape index (κ3) is 7.83. The van der Waals surface area contributed by atoms with Gasteiger partial charge in [-0.2, -0.15) is 0 Å². The first-order valence-corrected chi connectivity index (χ1v) is 10.3. The molecule has 0 amide bonds. The van der Waals surface area contributed by atoms with E-state index in [1.54, 1.807) is 0 Å². The molecule has 0 bridgehead atoms. The molecule has 2 rings (SSSR count). The highest BCUT2D eigenvalue weighted by atomic mass is 16.5. The van der Waals surface area contributed by atoms with E-state index in [2.05, 4.69) is 36.1 Å². The maximum absolute atomic E-state index is 11.8. The van der Waals surface area contributed by atoms with Gasteiger partial charge in [0.15, 0.2) is 0 Å². The van der Waals surface area contributed by atoms with E-state index < -0.39 is 6.10 Å². The fourth-order valence-corrected chi connectivity index (χ4v) is 3.13. The third-order valence-electron chi connectivity index (χ3n) is 4.99. The van der Waals surface area contributed by atoms with Gasteiger partial charge in [0.25, 0.3) is 0 Å². The number of hydrogen-bond donors (Lipinski definition) is 1. The molecule has 152 valence electrons. The number of carbonyl (C=O) groups excluding carboxylic acids is 1. The Hall–Kier alpha value is -2.17. The number of hydrogen-bond acceptors (Lipinski definition) is 4. The van der Waals surface area contributed by atoms with E-state index in [9.17, 15) is 9.90 Å². The van der Waals surface area contributed by atoms with Crippen molar-refractivity contribution < 1.29 is 14.6 Å². The summed E-state index contributed by atoms with van der Waals surface area (Å²) in [5.41, 5.74) is 2.38. The van der Waals surface area contributed by atoms with Gasteiger partial charge in [0.05, 0.1) is 0 Å². The molecule has 0 radical (unpaired) electrons. The molecule has 0 heterocycles. The molecule has 0 aliphatic rings. The zero-order chi connectivity index (χ0) is 20.2. The van der Waals surface area contributed by atoms with Crippen LogP contribution in [0.25, 0.3) is 0 Å². The van der Waals surface area contributed by atoms with Crippen molar-refractivity contribution in [3.8, 4) is 0 Å². The van der Waals surface area contributed by atoms with E-state index in [-0.39, 0.29) is 18.6 Å². The van der Waals surface area contributed by atoms with Gasteiger partial charge in [-0.1, -0.05) is 80.4 Å². The number of rotatable bonds is 12. The minimum absolute atomic E-state index is 0.0339. The fourth-order valence-electron chi connectivity index (χ4n) is 3.13. The Morgan fingerprint density at radius 1 is 0.964 bits per heavy atom. The van der Waals surface area contributed by atoms with Gasteiger partial charge < -0.3 is 9.84 Å². The van der Waals surface area contributed by atoms with Crippen molar-refractivity contribution in [3.05, 3.63) is 71.8 Å². The Morgan fingerprint density at radius 2 is 1.50 bits per heavy atom. The van der Waals surface area contributed by atoms with Crippen LogP contribution in [-0.4, -0.2) is 34.7 Å². The second-order valence-corrected chi connectivity index (χ2v) is 7.32. The van der Waals surface area contributed by atoms with Crippen LogP contribution in [0, 0.1) is 0 Å². The predicted octanol–water partition coefficient (Wildman–Crippen LogP) is 4.56. The number of nitrogens with zero attached hydrogens (tertiary/aromatic N) is 1. The van der Waals surface area contributed by atoms with Crippen molar-refractivity contribution in [2.75, 3.05) is 6.61 Å². The summed E-state index contributed by atoms with van der Waals surface area (Å²) < 4.78 is 5.31. The standard InChI is InChI=1S/C24H33NO3/c1-3-4-7-16-24(27)28-19-23(26)20(2)25(17-21-12-8-5-9-13-21)18-22-14-10-6-11-15-22/h5-6,8-15,20,23,26H,3-4,7,16-19H2,1-2H3/t20-,23-/m0/s1. The second kappa shape index (κ2) is 12.3. The Labute approximate surface area is 169 Å². The lowest BCUT2D eigenvalue weighted by molar-refractivity contribution is -0.148. The number of aliphatic hydroxyl groups excluding tert-OH is 1.